The van der Waals surface area contributed by atoms with Gasteiger partial charge in [0.25, 0.3) is 0 Å². The lowest BCUT2D eigenvalue weighted by molar-refractivity contribution is -0.136. The number of hydrogen-bond acceptors (Lipinski definition) is 11. The fraction of sp³-hybridized carbons (Fsp3) is 0.489. The largest absolute Gasteiger partial charge is 0.465 e. The topological polar surface area (TPSA) is 240 Å². The van der Waals surface area contributed by atoms with Crippen LogP contribution in [0.2, 0.25) is 0 Å². The minimum Gasteiger partial charge on any atom is -0.465 e. The predicted octanol–water partition coefficient (Wildman–Crippen LogP) is 6.77. The molecule has 0 aliphatic carbocycles. The van der Waals surface area contributed by atoms with Crippen LogP contribution in [0.15, 0.2) is 54.7 Å². The lowest BCUT2D eigenvalue weighted by Crippen LogP contribution is -2.51. The molecule has 3 aromatic heterocycles. The number of carbonyl (C=O) groups excluding carboxylic acids is 4. The number of fused-ring (bicyclic) bond motifs is 2. The minimum atomic E-state index is -1.12. The number of aromatic amines is 2. The maximum Gasteiger partial charge on any atom is 0.407 e. The van der Waals surface area contributed by atoms with Crippen LogP contribution in [0.25, 0.3) is 22.1 Å². The van der Waals surface area contributed by atoms with E-state index in [1.165, 1.54) is 14.2 Å². The molecule has 0 unspecified atom stereocenters. The predicted molar refractivity (Wildman–Crippen MR) is 244 cm³/mol. The summed E-state index contributed by atoms with van der Waals surface area (Å²) in [6.07, 6.45) is 4.07. The molecule has 5 aromatic rings. The van der Waals surface area contributed by atoms with Gasteiger partial charge in [-0.2, -0.15) is 0 Å². The van der Waals surface area contributed by atoms with E-state index in [2.05, 4.69) is 60.1 Å². The number of anilines is 1. The molecule has 19 nitrogen and oxygen atoms in total. The van der Waals surface area contributed by atoms with Crippen molar-refractivity contribution in [2.24, 2.45) is 11.8 Å². The van der Waals surface area contributed by atoms with E-state index in [9.17, 15) is 29.1 Å². The van der Waals surface area contributed by atoms with Gasteiger partial charge < -0.3 is 55.2 Å². The van der Waals surface area contributed by atoms with Gasteiger partial charge in [0.2, 0.25) is 11.8 Å². The van der Waals surface area contributed by atoms with Crippen LogP contribution in [0.5, 0.6) is 0 Å². The van der Waals surface area contributed by atoms with E-state index in [4.69, 9.17) is 19.4 Å². The summed E-state index contributed by atoms with van der Waals surface area (Å²) in [5, 5.41) is 17.0. The number of H-pyrrole nitrogens is 2. The average Bonchev–Trinajstić information content (AvgIpc) is 4.17. The van der Waals surface area contributed by atoms with Crippen molar-refractivity contribution in [3.63, 3.8) is 0 Å². The summed E-state index contributed by atoms with van der Waals surface area (Å²) in [5.74, 6) is 0.745. The minimum absolute atomic E-state index is 0.0738. The Morgan fingerprint density at radius 3 is 1.59 bits per heavy atom. The summed E-state index contributed by atoms with van der Waals surface area (Å²) >= 11 is 0. The van der Waals surface area contributed by atoms with Gasteiger partial charge in [-0.3, -0.25) is 14.6 Å². The fourth-order valence-electron chi connectivity index (χ4n) is 9.88. The van der Waals surface area contributed by atoms with Crippen molar-refractivity contribution in [3.05, 3.63) is 83.2 Å². The maximum atomic E-state index is 13.9. The van der Waals surface area contributed by atoms with Crippen molar-refractivity contribution in [1.82, 2.24) is 50.7 Å². The molecule has 8 rings (SSSR count). The Balaban J connectivity index is 1.08. The van der Waals surface area contributed by atoms with Crippen molar-refractivity contribution < 1.29 is 38.6 Å². The SMILES string of the molecule is COC(=O)N[C@H](C(=O)N1CCC[C@H]1c1nc2ccc([C@H]3CC[C@H](c4ccc5nc([C@@H]6CCCN6C(=O)[C@@H](NC(=O)OC)C(C)C)[nH]c5c4)N3c3ccc(CNC(=O)O)nc3)cc2[nH]1)C(C)C. The lowest BCUT2D eigenvalue weighted by atomic mass is 10.0. The first-order valence-corrected chi connectivity index (χ1v) is 22.7. The molecular weight excluding hydrogens is 847 g/mol. The second-order valence-electron chi connectivity index (χ2n) is 18.1. The molecule has 3 saturated heterocycles. The van der Waals surface area contributed by atoms with E-state index in [0.29, 0.717) is 30.4 Å². The summed E-state index contributed by atoms with van der Waals surface area (Å²) in [4.78, 5) is 90.9. The first-order valence-electron chi connectivity index (χ1n) is 22.7. The molecule has 3 aliphatic heterocycles. The van der Waals surface area contributed by atoms with Crippen molar-refractivity contribution in [1.29, 1.82) is 0 Å². The Morgan fingerprint density at radius 2 is 1.18 bits per heavy atom. The number of methoxy groups -OCH3 is 2. The molecule has 350 valence electrons. The number of hydrogen-bond donors (Lipinski definition) is 6. The number of imidazole rings is 2. The van der Waals surface area contributed by atoms with E-state index in [0.717, 1.165) is 77.4 Å². The van der Waals surface area contributed by atoms with Crippen LogP contribution in [0, 0.1) is 11.8 Å². The van der Waals surface area contributed by atoms with Gasteiger partial charge in [-0.15, -0.1) is 0 Å². The second kappa shape index (κ2) is 19.3. The van der Waals surface area contributed by atoms with Gasteiger partial charge >= 0.3 is 18.3 Å². The highest BCUT2D eigenvalue weighted by molar-refractivity contribution is 5.87. The molecule has 5 amide bonds. The molecule has 66 heavy (non-hydrogen) atoms. The molecule has 0 saturated carbocycles. The van der Waals surface area contributed by atoms with Gasteiger partial charge in [-0.25, -0.2) is 24.4 Å². The molecule has 19 heteroatoms. The third-order valence-corrected chi connectivity index (χ3v) is 13.2. The zero-order chi connectivity index (χ0) is 46.8. The normalized spacial score (nSPS) is 20.6. The van der Waals surface area contributed by atoms with Crippen LogP contribution in [-0.4, -0.2) is 109 Å². The van der Waals surface area contributed by atoms with Crippen LogP contribution < -0.4 is 20.9 Å². The number of rotatable bonds is 13. The first-order chi connectivity index (χ1) is 31.7. The number of carbonyl (C=O) groups is 5. The monoisotopic (exact) mass is 905 g/mol. The van der Waals surface area contributed by atoms with Gasteiger partial charge in [0.1, 0.15) is 23.7 Å². The van der Waals surface area contributed by atoms with Crippen LogP contribution in [0.4, 0.5) is 20.1 Å². The first kappa shape index (κ1) is 45.6. The molecule has 3 aliphatic rings. The van der Waals surface area contributed by atoms with Crippen LogP contribution in [0.1, 0.15) is 119 Å². The quantitative estimate of drug-likeness (QED) is 0.0718. The third kappa shape index (κ3) is 9.28. The highest BCUT2D eigenvalue weighted by atomic mass is 16.5. The Bertz CT molecular complexity index is 2450. The molecule has 3 fully saturated rings. The Hall–Kier alpha value is -6.92. The lowest BCUT2D eigenvalue weighted by Gasteiger charge is -2.33. The van der Waals surface area contributed by atoms with Gasteiger partial charge in [-0.1, -0.05) is 39.8 Å². The van der Waals surface area contributed by atoms with Crippen molar-refractivity contribution in [3.8, 4) is 0 Å². The van der Waals surface area contributed by atoms with E-state index >= 15 is 0 Å². The standard InChI is InChI=1S/C47H59N11O8/c1-25(2)39(54-46(63)65-5)43(59)56-19-7-9-37(56)41-50-31-15-11-27(21-33(31)52-41)35-17-18-36(58(35)30-14-13-29(48-24-30)23-49-45(61)62)28-12-16-32-34(22-28)53-42(51-32)38-10-8-20-57(38)44(60)40(26(3)4)55-47(64)66-6/h11-16,21-22,24-26,35-40,49H,7-10,17-20,23H2,1-6H3,(H,50,52)(H,51,53)(H,54,63)(H,55,64)(H,61,62)/t35-,36-,37+,38+,39+,40+/m1/s1. The van der Waals surface area contributed by atoms with Gasteiger partial charge in [0, 0.05) is 13.1 Å². The van der Waals surface area contributed by atoms with Gasteiger partial charge in [-0.05, 0) is 97.9 Å². The second-order valence-corrected chi connectivity index (χ2v) is 18.1. The highest BCUT2D eigenvalue weighted by Gasteiger charge is 2.40. The van der Waals surface area contributed by atoms with Crippen molar-refractivity contribution in [2.45, 2.75) is 109 Å². The smallest absolute Gasteiger partial charge is 0.407 e. The Labute approximate surface area is 382 Å². The number of nitrogens with one attached hydrogen (secondary N) is 5. The van der Waals surface area contributed by atoms with E-state index in [-0.39, 0.29) is 54.4 Å². The number of alkyl carbamates (subject to hydrolysis) is 2. The van der Waals surface area contributed by atoms with Crippen molar-refractivity contribution in [2.75, 3.05) is 32.2 Å². The number of likely N-dealkylation sites (tertiary alicyclic amines) is 2. The highest BCUT2D eigenvalue weighted by Crippen LogP contribution is 2.48. The summed E-state index contributed by atoms with van der Waals surface area (Å²) in [5.41, 5.74) is 6.84. The van der Waals surface area contributed by atoms with Crippen LogP contribution in [0.3, 0.4) is 0 Å². The molecule has 6 atom stereocenters. The molecule has 0 bridgehead atoms. The molecule has 6 heterocycles. The van der Waals surface area contributed by atoms with E-state index < -0.39 is 30.4 Å². The summed E-state index contributed by atoms with van der Waals surface area (Å²) < 4.78 is 9.62. The number of ether oxygens (including phenoxy) is 2. The number of amides is 5. The zero-order valence-electron chi connectivity index (χ0n) is 38.2. The molecular formula is C47H59N11O8. The number of benzene rings is 2. The summed E-state index contributed by atoms with van der Waals surface area (Å²) in [6, 6.07) is 14.1. The average molecular weight is 906 g/mol. The summed E-state index contributed by atoms with van der Waals surface area (Å²) in [7, 11) is 2.56. The molecule has 2 aromatic carbocycles. The Morgan fingerprint density at radius 1 is 0.697 bits per heavy atom. The van der Waals surface area contributed by atoms with Crippen LogP contribution in [-0.2, 0) is 25.6 Å². The number of aromatic nitrogens is 5. The fourth-order valence-corrected chi connectivity index (χ4v) is 9.88. The number of carboxylic acid groups (broad SMARTS) is 1. The van der Waals surface area contributed by atoms with E-state index in [1.807, 2.05) is 52.0 Å². The van der Waals surface area contributed by atoms with Gasteiger partial charge in [0.05, 0.1) is 84.6 Å². The van der Waals surface area contributed by atoms with E-state index in [1.54, 1.807) is 16.0 Å². The summed E-state index contributed by atoms with van der Waals surface area (Å²) in [6.45, 7) is 8.75. The van der Waals surface area contributed by atoms with Gasteiger partial charge in [0.15, 0.2) is 0 Å². The third-order valence-electron chi connectivity index (χ3n) is 13.2. The van der Waals surface area contributed by atoms with Crippen LogP contribution >= 0.6 is 0 Å². The molecule has 6 N–H and O–H groups in total. The molecule has 0 spiro atoms. The van der Waals surface area contributed by atoms with Crippen molar-refractivity contribution >= 4 is 57.8 Å². The number of nitrogens with zero attached hydrogens (tertiary/aromatic N) is 6. The molecule has 0 radical (unpaired) electrons. The zero-order valence-corrected chi connectivity index (χ0v) is 38.2. The number of pyridine rings is 1. The maximum absolute atomic E-state index is 13.9. The Kier molecular flexibility index (Phi) is 13.3.